The predicted octanol–water partition coefficient (Wildman–Crippen LogP) is 8.12. The third kappa shape index (κ3) is 3.77. The Hall–Kier alpha value is -5.32. The first-order valence-electron chi connectivity index (χ1n) is 12.5. The Kier molecular flexibility index (Phi) is 5.64. The van der Waals surface area contributed by atoms with Gasteiger partial charge in [0.05, 0.1) is 45.7 Å². The van der Waals surface area contributed by atoms with E-state index in [0.29, 0.717) is 11.1 Å². The van der Waals surface area contributed by atoms with Gasteiger partial charge in [0.1, 0.15) is 0 Å². The minimum atomic E-state index is 0.623. The Morgan fingerprint density at radius 1 is 0.500 bits per heavy atom. The third-order valence-corrected chi connectivity index (χ3v) is 7.00. The number of hydrogen-bond donors (Lipinski definition) is 0. The molecule has 0 saturated carbocycles. The summed E-state index contributed by atoms with van der Waals surface area (Å²) in [6.45, 7) is 4.15. The van der Waals surface area contributed by atoms with Gasteiger partial charge in [0.15, 0.2) is 0 Å². The smallest absolute Gasteiger partial charge is 0.0998 e. The topological polar surface area (TPSA) is 57.4 Å². The van der Waals surface area contributed by atoms with Crippen molar-refractivity contribution in [3.05, 3.63) is 131 Å². The fraction of sp³-hybridized carbons (Fsp3) is 0.0588. The molecule has 0 bridgehead atoms. The van der Waals surface area contributed by atoms with Crippen molar-refractivity contribution >= 4 is 11.0 Å². The standard InChI is InChI=1S/C34H24N4/c1-23-11-15-27(16-12-23)37-31(29-9-5-3-7-25(29)21-35)19-34-33(37)20-32(30-10-6-4-8-26(30)22-36)38(34)28-17-13-24(2)14-18-28/h3-20H,1-2H3. The number of aromatic nitrogens is 2. The van der Waals surface area contributed by atoms with Gasteiger partial charge in [0.25, 0.3) is 0 Å². The van der Waals surface area contributed by atoms with Crippen molar-refractivity contribution in [3.63, 3.8) is 0 Å². The van der Waals surface area contributed by atoms with Crippen molar-refractivity contribution in [3.8, 4) is 46.0 Å². The van der Waals surface area contributed by atoms with E-state index >= 15 is 0 Å². The van der Waals surface area contributed by atoms with Gasteiger partial charge >= 0.3 is 0 Å². The summed E-state index contributed by atoms with van der Waals surface area (Å²) in [5, 5.41) is 19.8. The molecule has 2 aromatic heterocycles. The number of nitriles is 2. The number of rotatable bonds is 4. The van der Waals surface area contributed by atoms with E-state index in [1.165, 1.54) is 11.1 Å². The summed E-state index contributed by atoms with van der Waals surface area (Å²) in [6.07, 6.45) is 0. The first kappa shape index (κ1) is 23.1. The highest BCUT2D eigenvalue weighted by Gasteiger charge is 2.22. The molecule has 6 aromatic rings. The lowest BCUT2D eigenvalue weighted by molar-refractivity contribution is 1.13. The van der Waals surface area contributed by atoms with Crippen LogP contribution in [0.25, 0.3) is 44.9 Å². The van der Waals surface area contributed by atoms with Gasteiger partial charge < -0.3 is 9.13 Å². The summed E-state index contributed by atoms with van der Waals surface area (Å²) in [7, 11) is 0. The van der Waals surface area contributed by atoms with Crippen LogP contribution in [-0.2, 0) is 0 Å². The van der Waals surface area contributed by atoms with Gasteiger partial charge in [-0.1, -0.05) is 71.8 Å². The molecule has 4 aromatic carbocycles. The zero-order valence-electron chi connectivity index (χ0n) is 21.2. The monoisotopic (exact) mass is 488 g/mol. The van der Waals surface area contributed by atoms with Crippen molar-refractivity contribution in [1.82, 2.24) is 9.13 Å². The molecule has 0 unspecified atom stereocenters. The highest BCUT2D eigenvalue weighted by Crippen LogP contribution is 2.40. The Bertz CT molecular complexity index is 1750. The maximum absolute atomic E-state index is 9.92. The normalized spacial score (nSPS) is 10.8. The SMILES string of the molecule is Cc1ccc(-n2c(-c3ccccc3C#N)cc3c2cc(-c2ccccc2C#N)n3-c2ccc(C)cc2)cc1. The van der Waals surface area contributed by atoms with Crippen LogP contribution in [0.4, 0.5) is 0 Å². The molecule has 0 saturated heterocycles. The molecule has 0 fully saturated rings. The van der Waals surface area contributed by atoms with Crippen molar-refractivity contribution in [2.45, 2.75) is 13.8 Å². The molecule has 180 valence electrons. The van der Waals surface area contributed by atoms with Gasteiger partial charge in [-0.15, -0.1) is 0 Å². The summed E-state index contributed by atoms with van der Waals surface area (Å²) < 4.78 is 4.43. The molecule has 0 spiro atoms. The van der Waals surface area contributed by atoms with Gasteiger partial charge in [0, 0.05) is 22.5 Å². The van der Waals surface area contributed by atoms with Crippen molar-refractivity contribution in [2.75, 3.05) is 0 Å². The number of nitrogens with zero attached hydrogens (tertiary/aromatic N) is 4. The van der Waals surface area contributed by atoms with Crippen LogP contribution >= 0.6 is 0 Å². The Morgan fingerprint density at radius 3 is 1.24 bits per heavy atom. The first-order valence-corrected chi connectivity index (χ1v) is 12.5. The molecule has 0 aliphatic heterocycles. The van der Waals surface area contributed by atoms with Gasteiger partial charge in [0.2, 0.25) is 0 Å². The molecule has 0 aliphatic carbocycles. The van der Waals surface area contributed by atoms with E-state index in [2.05, 4.69) is 95.8 Å². The third-order valence-electron chi connectivity index (χ3n) is 7.00. The molecule has 0 aliphatic rings. The van der Waals surface area contributed by atoms with Gasteiger partial charge in [-0.25, -0.2) is 0 Å². The maximum atomic E-state index is 9.92. The molecule has 6 rings (SSSR count). The van der Waals surface area contributed by atoms with Crippen molar-refractivity contribution in [1.29, 1.82) is 10.5 Å². The zero-order chi connectivity index (χ0) is 26.2. The van der Waals surface area contributed by atoms with Gasteiger partial charge in [-0.2, -0.15) is 10.5 Å². The van der Waals surface area contributed by atoms with Crippen molar-refractivity contribution < 1.29 is 0 Å². The summed E-state index contributed by atoms with van der Waals surface area (Å²) in [6, 6.07) is 41.3. The Balaban J connectivity index is 1.76. The molecule has 0 atom stereocenters. The second-order valence-electron chi connectivity index (χ2n) is 9.49. The molecule has 0 amide bonds. The van der Waals surface area contributed by atoms with E-state index in [4.69, 9.17) is 0 Å². The highest BCUT2D eigenvalue weighted by atomic mass is 15.1. The van der Waals surface area contributed by atoms with Crippen LogP contribution in [0.3, 0.4) is 0 Å². The number of hydrogen-bond acceptors (Lipinski definition) is 2. The zero-order valence-corrected chi connectivity index (χ0v) is 21.2. The van der Waals surface area contributed by atoms with E-state index < -0.39 is 0 Å². The van der Waals surface area contributed by atoms with Gasteiger partial charge in [-0.05, 0) is 62.4 Å². The van der Waals surface area contributed by atoms with Crippen LogP contribution in [0.5, 0.6) is 0 Å². The first-order chi connectivity index (χ1) is 18.6. The molecule has 38 heavy (non-hydrogen) atoms. The van der Waals surface area contributed by atoms with Crippen LogP contribution in [0.2, 0.25) is 0 Å². The largest absolute Gasteiger partial charge is 0.308 e. The quantitative estimate of drug-likeness (QED) is 0.252. The van der Waals surface area contributed by atoms with Gasteiger partial charge in [-0.3, -0.25) is 0 Å². The summed E-state index contributed by atoms with van der Waals surface area (Å²) in [5.41, 5.74) is 11.3. The lowest BCUT2D eigenvalue weighted by Crippen LogP contribution is -1.98. The molecular weight excluding hydrogens is 464 g/mol. The molecule has 2 heterocycles. The molecule has 4 nitrogen and oxygen atoms in total. The fourth-order valence-corrected chi connectivity index (χ4v) is 5.10. The minimum absolute atomic E-state index is 0.623. The average Bonchev–Trinajstić information content (AvgIpc) is 3.50. The maximum Gasteiger partial charge on any atom is 0.0998 e. The van der Waals surface area contributed by atoms with E-state index in [0.717, 1.165) is 44.9 Å². The number of fused-ring (bicyclic) bond motifs is 1. The fourth-order valence-electron chi connectivity index (χ4n) is 5.10. The molecule has 0 N–H and O–H groups in total. The number of aryl methyl sites for hydroxylation is 2. The molecule has 4 heteroatoms. The van der Waals surface area contributed by atoms with E-state index in [1.54, 1.807) is 0 Å². The predicted molar refractivity (Wildman–Crippen MR) is 152 cm³/mol. The lowest BCUT2D eigenvalue weighted by atomic mass is 10.0. The second-order valence-corrected chi connectivity index (χ2v) is 9.49. The van der Waals surface area contributed by atoms with E-state index in [-0.39, 0.29) is 0 Å². The Labute approximate surface area is 221 Å². The lowest BCUT2D eigenvalue weighted by Gasteiger charge is -2.13. The highest BCUT2D eigenvalue weighted by molar-refractivity contribution is 5.95. The molecule has 0 radical (unpaired) electrons. The molecular formula is C34H24N4. The average molecular weight is 489 g/mol. The summed E-state index contributed by atoms with van der Waals surface area (Å²) >= 11 is 0. The van der Waals surface area contributed by atoms with E-state index in [9.17, 15) is 10.5 Å². The number of benzene rings is 4. The van der Waals surface area contributed by atoms with Crippen LogP contribution in [0.1, 0.15) is 22.3 Å². The summed E-state index contributed by atoms with van der Waals surface area (Å²) in [4.78, 5) is 0. The summed E-state index contributed by atoms with van der Waals surface area (Å²) in [5.74, 6) is 0. The van der Waals surface area contributed by atoms with Crippen molar-refractivity contribution in [2.24, 2.45) is 0 Å². The second kappa shape index (κ2) is 9.28. The van der Waals surface area contributed by atoms with E-state index in [1.807, 2.05) is 48.5 Å². The van der Waals surface area contributed by atoms with Crippen LogP contribution in [0.15, 0.2) is 109 Å². The Morgan fingerprint density at radius 2 is 0.868 bits per heavy atom. The van der Waals surface area contributed by atoms with Crippen LogP contribution in [-0.4, -0.2) is 9.13 Å². The van der Waals surface area contributed by atoms with Crippen LogP contribution in [0, 0.1) is 36.5 Å². The minimum Gasteiger partial charge on any atom is -0.308 e. The van der Waals surface area contributed by atoms with Crippen LogP contribution < -0.4 is 0 Å².